The number of aromatic nitrogens is 2. The van der Waals surface area contributed by atoms with Gasteiger partial charge in [0, 0.05) is 26.8 Å². The first kappa shape index (κ1) is 15.9. The van der Waals surface area contributed by atoms with Gasteiger partial charge >= 0.3 is 5.82 Å². The predicted octanol–water partition coefficient (Wildman–Crippen LogP) is 1.04. The predicted molar refractivity (Wildman–Crippen MR) is 78.4 cm³/mol. The highest BCUT2D eigenvalue weighted by molar-refractivity contribution is 8.22. The Morgan fingerprint density at radius 2 is 2.37 bits per heavy atom. The molecule has 7 nitrogen and oxygen atoms in total. The Morgan fingerprint density at radius 3 is 2.89 bits per heavy atom. The monoisotopic (exact) mass is 304 g/mol. The Labute approximate surface area is 120 Å². The second-order valence-corrected chi connectivity index (χ2v) is 5.81. The van der Waals surface area contributed by atoms with Crippen LogP contribution in [0.4, 0.5) is 5.82 Å². The second-order valence-electron chi connectivity index (χ2n) is 4.16. The quantitative estimate of drug-likeness (QED) is 0.494. The molecular weight excluding hydrogens is 288 g/mol. The van der Waals surface area contributed by atoms with Crippen LogP contribution in [-0.4, -0.2) is 54.8 Å². The lowest BCUT2D eigenvalue weighted by atomic mass is 10.4. The van der Waals surface area contributed by atoms with Crippen LogP contribution in [0.3, 0.4) is 0 Å². The molecule has 1 aromatic heterocycles. The van der Waals surface area contributed by atoms with Gasteiger partial charge in [-0.2, -0.15) is 0 Å². The van der Waals surface area contributed by atoms with E-state index in [0.717, 1.165) is 0 Å². The lowest BCUT2D eigenvalue weighted by Gasteiger charge is -2.14. The number of rotatable bonds is 5. The van der Waals surface area contributed by atoms with Crippen molar-refractivity contribution < 1.29 is 10.0 Å². The highest BCUT2D eigenvalue weighted by atomic mass is 32.2. The third kappa shape index (κ3) is 4.44. The van der Waals surface area contributed by atoms with E-state index in [1.54, 1.807) is 11.8 Å². The number of aryl methyl sites for hydroxylation is 1. The summed E-state index contributed by atoms with van der Waals surface area (Å²) in [5.74, 6) is 0.772. The second kappa shape index (κ2) is 6.83. The van der Waals surface area contributed by atoms with Gasteiger partial charge in [-0.05, 0) is 4.92 Å². The van der Waals surface area contributed by atoms with Crippen LogP contribution < -0.4 is 0 Å². The van der Waals surface area contributed by atoms with E-state index in [4.69, 9.17) is 12.2 Å². The minimum Gasteiger partial charge on any atom is -0.388 e. The Hall–Kier alpha value is -1.19. The Morgan fingerprint density at radius 1 is 1.74 bits per heavy atom. The van der Waals surface area contributed by atoms with Crippen molar-refractivity contribution in [2.24, 2.45) is 0 Å². The first-order valence-corrected chi connectivity index (χ1v) is 6.91. The van der Waals surface area contributed by atoms with Crippen LogP contribution in [0.25, 0.3) is 0 Å². The van der Waals surface area contributed by atoms with Crippen molar-refractivity contribution >= 4 is 34.1 Å². The van der Waals surface area contributed by atoms with E-state index >= 15 is 0 Å². The van der Waals surface area contributed by atoms with Crippen molar-refractivity contribution in [1.29, 1.82) is 0 Å². The topological polar surface area (TPSA) is 84.4 Å². The van der Waals surface area contributed by atoms with Gasteiger partial charge in [0.25, 0.3) is 0 Å². The third-order valence-electron chi connectivity index (χ3n) is 2.38. The van der Waals surface area contributed by atoms with Gasteiger partial charge in [0.2, 0.25) is 0 Å². The number of aliphatic hydroxyl groups excluding tert-OH is 1. The molecule has 0 amide bonds. The summed E-state index contributed by atoms with van der Waals surface area (Å²) in [4.78, 5) is 16.0. The Balaban J connectivity index is 2.62. The maximum Gasteiger partial charge on any atom is 0.342 e. The van der Waals surface area contributed by atoms with Gasteiger partial charge in [0.1, 0.15) is 23.2 Å². The van der Waals surface area contributed by atoms with E-state index in [-0.39, 0.29) is 12.4 Å². The molecule has 0 aliphatic heterocycles. The maximum absolute atomic E-state index is 10.8. The Bertz CT molecular complexity index is 475. The summed E-state index contributed by atoms with van der Waals surface area (Å²) in [6.45, 7) is 1.79. The van der Waals surface area contributed by atoms with Crippen LogP contribution in [0, 0.1) is 17.0 Å². The van der Waals surface area contributed by atoms with Gasteiger partial charge in [0.15, 0.2) is 5.82 Å². The van der Waals surface area contributed by atoms with E-state index in [1.807, 2.05) is 14.1 Å². The SMILES string of the molecule is Cc1ncc([N+](=O)[O-])n1CC(O)CSC(=S)N(C)C. The van der Waals surface area contributed by atoms with Crippen LogP contribution >= 0.6 is 24.0 Å². The number of nitrogens with zero attached hydrogens (tertiary/aromatic N) is 4. The van der Waals surface area contributed by atoms with Crippen LogP contribution in [0.1, 0.15) is 5.82 Å². The smallest absolute Gasteiger partial charge is 0.342 e. The van der Waals surface area contributed by atoms with Gasteiger partial charge < -0.3 is 20.1 Å². The van der Waals surface area contributed by atoms with Gasteiger partial charge in [-0.3, -0.25) is 0 Å². The lowest BCUT2D eigenvalue weighted by Crippen LogP contribution is -2.23. The molecule has 1 N–H and O–H groups in total. The zero-order valence-electron chi connectivity index (χ0n) is 10.9. The summed E-state index contributed by atoms with van der Waals surface area (Å²) >= 11 is 6.43. The van der Waals surface area contributed by atoms with Crippen molar-refractivity contribution in [2.45, 2.75) is 19.6 Å². The largest absolute Gasteiger partial charge is 0.388 e. The van der Waals surface area contributed by atoms with Crippen molar-refractivity contribution in [3.05, 3.63) is 22.1 Å². The van der Waals surface area contributed by atoms with E-state index in [1.165, 1.54) is 22.5 Å². The van der Waals surface area contributed by atoms with Gasteiger partial charge in [-0.1, -0.05) is 24.0 Å². The molecule has 1 rings (SSSR count). The summed E-state index contributed by atoms with van der Waals surface area (Å²) in [7, 11) is 3.65. The van der Waals surface area contributed by atoms with E-state index in [0.29, 0.717) is 15.9 Å². The van der Waals surface area contributed by atoms with Crippen LogP contribution in [0.15, 0.2) is 6.20 Å². The summed E-state index contributed by atoms with van der Waals surface area (Å²) < 4.78 is 2.06. The zero-order chi connectivity index (χ0) is 14.6. The standard InChI is InChI=1S/C10H16N4O3S2/c1-7-11-4-9(14(16)17)13(7)5-8(15)6-19-10(18)12(2)3/h4,8,15H,5-6H2,1-3H3. The minimum absolute atomic E-state index is 0.114. The lowest BCUT2D eigenvalue weighted by molar-refractivity contribution is -0.392. The summed E-state index contributed by atoms with van der Waals surface area (Å²) in [5.41, 5.74) is 0. The molecule has 0 fully saturated rings. The summed E-state index contributed by atoms with van der Waals surface area (Å²) in [6, 6.07) is 0. The molecule has 106 valence electrons. The van der Waals surface area contributed by atoms with Gasteiger partial charge in [-0.15, -0.1) is 0 Å². The highest BCUT2D eigenvalue weighted by Gasteiger charge is 2.20. The zero-order valence-corrected chi connectivity index (χ0v) is 12.6. The number of imidazole rings is 1. The van der Waals surface area contributed by atoms with Crippen LogP contribution in [0.2, 0.25) is 0 Å². The molecule has 1 unspecified atom stereocenters. The molecule has 0 saturated carbocycles. The molecule has 1 atom stereocenters. The molecule has 0 bridgehead atoms. The highest BCUT2D eigenvalue weighted by Crippen LogP contribution is 2.16. The van der Waals surface area contributed by atoms with Crippen molar-refractivity contribution in [1.82, 2.24) is 14.5 Å². The van der Waals surface area contributed by atoms with E-state index in [2.05, 4.69) is 4.98 Å². The van der Waals surface area contributed by atoms with Crippen molar-refractivity contribution in [3.8, 4) is 0 Å². The molecule has 0 aliphatic carbocycles. The Kier molecular flexibility index (Phi) is 5.70. The average Bonchev–Trinajstić information content (AvgIpc) is 2.68. The number of thiocarbonyl (C=S) groups is 1. The first-order chi connectivity index (χ1) is 8.82. The molecule has 0 radical (unpaired) electrons. The number of hydrogen-bond acceptors (Lipinski definition) is 6. The molecule has 0 spiro atoms. The van der Waals surface area contributed by atoms with E-state index in [9.17, 15) is 15.2 Å². The van der Waals surface area contributed by atoms with E-state index < -0.39 is 11.0 Å². The molecule has 0 saturated heterocycles. The molecule has 1 heterocycles. The number of nitro groups is 1. The minimum atomic E-state index is -0.727. The average molecular weight is 304 g/mol. The fourth-order valence-electron chi connectivity index (χ4n) is 1.39. The molecule has 9 heteroatoms. The molecule has 0 aliphatic rings. The van der Waals surface area contributed by atoms with Crippen molar-refractivity contribution in [2.75, 3.05) is 19.8 Å². The molecule has 0 aromatic carbocycles. The van der Waals surface area contributed by atoms with Crippen LogP contribution in [-0.2, 0) is 6.54 Å². The van der Waals surface area contributed by atoms with Gasteiger partial charge in [-0.25, -0.2) is 9.55 Å². The number of thioether (sulfide) groups is 1. The first-order valence-electron chi connectivity index (χ1n) is 5.51. The summed E-state index contributed by atoms with van der Waals surface area (Å²) in [6.07, 6.45) is 0.467. The molecule has 19 heavy (non-hydrogen) atoms. The third-order valence-corrected chi connectivity index (χ3v) is 4.26. The van der Waals surface area contributed by atoms with Crippen molar-refractivity contribution in [3.63, 3.8) is 0 Å². The normalized spacial score (nSPS) is 12.2. The number of aliphatic hydroxyl groups is 1. The number of hydrogen-bond donors (Lipinski definition) is 1. The molecule has 1 aromatic rings. The molecular formula is C10H16N4O3S2. The summed E-state index contributed by atoms with van der Waals surface area (Å²) in [5, 5.41) is 20.7. The fourth-order valence-corrected chi connectivity index (χ4v) is 2.29. The fraction of sp³-hybridized carbons (Fsp3) is 0.600. The van der Waals surface area contributed by atoms with Crippen LogP contribution in [0.5, 0.6) is 0 Å². The maximum atomic E-state index is 10.8. The van der Waals surface area contributed by atoms with Gasteiger partial charge in [0.05, 0.1) is 0 Å².